The van der Waals surface area contributed by atoms with Crippen LogP contribution in [0.25, 0.3) is 6.08 Å². The van der Waals surface area contributed by atoms with Crippen LogP contribution in [0, 0.1) is 0 Å². The summed E-state index contributed by atoms with van der Waals surface area (Å²) in [5.41, 5.74) is 1.47. The van der Waals surface area contributed by atoms with Gasteiger partial charge in [-0.2, -0.15) is 0 Å². The van der Waals surface area contributed by atoms with Crippen molar-refractivity contribution in [3.05, 3.63) is 65.2 Å². The fourth-order valence-electron chi connectivity index (χ4n) is 2.07. The van der Waals surface area contributed by atoms with Gasteiger partial charge in [-0.3, -0.25) is 9.59 Å². The maximum absolute atomic E-state index is 12.1. The zero-order chi connectivity index (χ0) is 18.2. The van der Waals surface area contributed by atoms with Gasteiger partial charge in [-0.25, -0.2) is 0 Å². The van der Waals surface area contributed by atoms with Gasteiger partial charge in [0, 0.05) is 23.8 Å². The summed E-state index contributed by atoms with van der Waals surface area (Å²) in [5.74, 6) is 0.160. The number of ether oxygens (including phenoxy) is 1. The van der Waals surface area contributed by atoms with Gasteiger partial charge >= 0.3 is 0 Å². The van der Waals surface area contributed by atoms with Crippen LogP contribution in [0.1, 0.15) is 5.56 Å². The second-order valence-corrected chi connectivity index (χ2v) is 5.80. The van der Waals surface area contributed by atoms with Gasteiger partial charge in [-0.15, -0.1) is 0 Å². The zero-order valence-electron chi connectivity index (χ0n) is 14.0. The van der Waals surface area contributed by atoms with Gasteiger partial charge in [0.05, 0.1) is 13.7 Å². The molecule has 2 rings (SSSR count). The van der Waals surface area contributed by atoms with Crippen LogP contribution in [0.15, 0.2) is 54.6 Å². The minimum absolute atomic E-state index is 0.0517. The molecule has 0 aliphatic carbocycles. The van der Waals surface area contributed by atoms with E-state index in [0.717, 1.165) is 5.56 Å². The number of rotatable bonds is 6. The third-order valence-corrected chi connectivity index (χ3v) is 3.65. The van der Waals surface area contributed by atoms with E-state index in [1.54, 1.807) is 44.5 Å². The molecule has 0 spiro atoms. The van der Waals surface area contributed by atoms with Gasteiger partial charge in [-0.05, 0) is 48.0 Å². The fourth-order valence-corrected chi connectivity index (χ4v) is 2.19. The number of likely N-dealkylation sites (N-methyl/N-ethyl adjacent to an activating group) is 1. The van der Waals surface area contributed by atoms with Crippen molar-refractivity contribution in [2.75, 3.05) is 26.0 Å². The molecular weight excluding hydrogens is 340 g/mol. The monoisotopic (exact) mass is 358 g/mol. The zero-order valence-corrected chi connectivity index (χ0v) is 14.8. The maximum atomic E-state index is 12.1. The molecule has 0 radical (unpaired) electrons. The van der Waals surface area contributed by atoms with E-state index in [2.05, 4.69) is 5.32 Å². The molecule has 1 N–H and O–H groups in total. The van der Waals surface area contributed by atoms with Crippen LogP contribution in [0.5, 0.6) is 5.75 Å². The summed E-state index contributed by atoms with van der Waals surface area (Å²) in [7, 11) is 3.15. The lowest BCUT2D eigenvalue weighted by molar-refractivity contribution is -0.129. The van der Waals surface area contributed by atoms with Crippen LogP contribution in [0.2, 0.25) is 5.02 Å². The topological polar surface area (TPSA) is 58.6 Å². The first-order valence-corrected chi connectivity index (χ1v) is 7.98. The van der Waals surface area contributed by atoms with Crippen molar-refractivity contribution >= 4 is 35.2 Å². The minimum atomic E-state index is -0.284. The van der Waals surface area contributed by atoms with Crippen molar-refractivity contribution in [2.24, 2.45) is 0 Å². The van der Waals surface area contributed by atoms with E-state index in [1.165, 1.54) is 11.0 Å². The highest BCUT2D eigenvalue weighted by Gasteiger charge is 2.10. The summed E-state index contributed by atoms with van der Waals surface area (Å²) in [5, 5.41) is 3.30. The molecule has 0 aromatic heterocycles. The van der Waals surface area contributed by atoms with Gasteiger partial charge in [0.25, 0.3) is 0 Å². The molecule has 0 heterocycles. The van der Waals surface area contributed by atoms with E-state index in [0.29, 0.717) is 16.5 Å². The van der Waals surface area contributed by atoms with Gasteiger partial charge in [0.15, 0.2) is 0 Å². The average Bonchev–Trinajstić information content (AvgIpc) is 2.61. The first-order chi connectivity index (χ1) is 12.0. The lowest BCUT2D eigenvalue weighted by Crippen LogP contribution is -2.33. The van der Waals surface area contributed by atoms with Crippen molar-refractivity contribution in [1.82, 2.24) is 4.90 Å². The van der Waals surface area contributed by atoms with Crippen LogP contribution in [-0.4, -0.2) is 37.4 Å². The van der Waals surface area contributed by atoms with Crippen molar-refractivity contribution < 1.29 is 14.3 Å². The number of hydrogen-bond donors (Lipinski definition) is 1. The Morgan fingerprint density at radius 2 is 1.92 bits per heavy atom. The number of amides is 2. The van der Waals surface area contributed by atoms with Crippen LogP contribution in [0.3, 0.4) is 0 Å². The van der Waals surface area contributed by atoms with Crippen molar-refractivity contribution in [1.29, 1.82) is 0 Å². The number of carbonyl (C=O) groups is 2. The SMILES string of the molecule is COc1cccc(/C=C/C(=O)N(C)CC(=O)Nc2ccc(Cl)cc2)c1. The number of benzene rings is 2. The number of nitrogens with one attached hydrogen (secondary N) is 1. The third-order valence-electron chi connectivity index (χ3n) is 3.40. The number of methoxy groups -OCH3 is 1. The smallest absolute Gasteiger partial charge is 0.246 e. The molecule has 0 unspecified atom stereocenters. The number of anilines is 1. The van der Waals surface area contributed by atoms with E-state index in [4.69, 9.17) is 16.3 Å². The predicted molar refractivity (Wildman–Crippen MR) is 99.7 cm³/mol. The van der Waals surface area contributed by atoms with Gasteiger partial charge in [-0.1, -0.05) is 23.7 Å². The number of hydrogen-bond acceptors (Lipinski definition) is 3. The lowest BCUT2D eigenvalue weighted by atomic mass is 10.2. The molecule has 0 fully saturated rings. The third kappa shape index (κ3) is 5.97. The summed E-state index contributed by atoms with van der Waals surface area (Å²) in [6.07, 6.45) is 3.10. The Labute approximate surface area is 151 Å². The van der Waals surface area contributed by atoms with Crippen LogP contribution in [0.4, 0.5) is 5.69 Å². The van der Waals surface area contributed by atoms with Crippen LogP contribution >= 0.6 is 11.6 Å². The molecule has 0 atom stereocenters. The molecule has 6 heteroatoms. The van der Waals surface area contributed by atoms with Crippen molar-refractivity contribution in [3.63, 3.8) is 0 Å². The molecule has 0 aliphatic rings. The quantitative estimate of drug-likeness (QED) is 0.804. The lowest BCUT2D eigenvalue weighted by Gasteiger charge is -2.15. The summed E-state index contributed by atoms with van der Waals surface area (Å²) < 4.78 is 5.14. The van der Waals surface area contributed by atoms with E-state index in [9.17, 15) is 9.59 Å². The fraction of sp³-hybridized carbons (Fsp3) is 0.158. The maximum Gasteiger partial charge on any atom is 0.246 e. The van der Waals surface area contributed by atoms with Crippen molar-refractivity contribution in [2.45, 2.75) is 0 Å². The molecule has 2 amide bonds. The second kappa shape index (κ2) is 8.89. The molecule has 130 valence electrons. The van der Waals surface area contributed by atoms with Gasteiger partial charge in [0.1, 0.15) is 5.75 Å². The standard InChI is InChI=1S/C19H19ClN2O3/c1-22(13-18(23)21-16-9-7-15(20)8-10-16)19(24)11-6-14-4-3-5-17(12-14)25-2/h3-12H,13H2,1-2H3,(H,21,23)/b11-6+. The average molecular weight is 359 g/mol. The van der Waals surface area contributed by atoms with E-state index < -0.39 is 0 Å². The Morgan fingerprint density at radius 3 is 2.60 bits per heavy atom. The van der Waals surface area contributed by atoms with Crippen LogP contribution in [-0.2, 0) is 9.59 Å². The molecule has 0 saturated carbocycles. The molecule has 0 aliphatic heterocycles. The number of halogens is 1. The van der Waals surface area contributed by atoms with Crippen LogP contribution < -0.4 is 10.1 Å². The minimum Gasteiger partial charge on any atom is -0.497 e. The Hall–Kier alpha value is -2.79. The van der Waals surface area contributed by atoms with Crippen molar-refractivity contribution in [3.8, 4) is 5.75 Å². The Morgan fingerprint density at radius 1 is 1.20 bits per heavy atom. The summed E-state index contributed by atoms with van der Waals surface area (Å²) in [4.78, 5) is 25.4. The first-order valence-electron chi connectivity index (χ1n) is 7.60. The molecule has 2 aromatic carbocycles. The highest BCUT2D eigenvalue weighted by Crippen LogP contribution is 2.14. The Bertz CT molecular complexity index is 772. The molecule has 25 heavy (non-hydrogen) atoms. The Kier molecular flexibility index (Phi) is 6.60. The van der Waals surface area contributed by atoms with E-state index in [1.807, 2.05) is 24.3 Å². The first kappa shape index (κ1) is 18.5. The largest absolute Gasteiger partial charge is 0.497 e. The van der Waals surface area contributed by atoms with E-state index in [-0.39, 0.29) is 18.4 Å². The Balaban J connectivity index is 1.89. The molecule has 0 bridgehead atoms. The second-order valence-electron chi connectivity index (χ2n) is 5.36. The molecule has 2 aromatic rings. The highest BCUT2D eigenvalue weighted by atomic mass is 35.5. The van der Waals surface area contributed by atoms with Gasteiger partial charge < -0.3 is 15.0 Å². The number of nitrogens with zero attached hydrogens (tertiary/aromatic N) is 1. The highest BCUT2D eigenvalue weighted by molar-refractivity contribution is 6.30. The van der Waals surface area contributed by atoms with Gasteiger partial charge in [0.2, 0.25) is 11.8 Å². The summed E-state index contributed by atoms with van der Waals surface area (Å²) in [6, 6.07) is 14.1. The predicted octanol–water partition coefficient (Wildman–Crippen LogP) is 3.46. The summed E-state index contributed by atoms with van der Waals surface area (Å²) in [6.45, 7) is -0.0517. The molecule has 0 saturated heterocycles. The molecule has 5 nitrogen and oxygen atoms in total. The van der Waals surface area contributed by atoms with E-state index >= 15 is 0 Å². The number of carbonyl (C=O) groups excluding carboxylic acids is 2. The summed E-state index contributed by atoms with van der Waals surface area (Å²) >= 11 is 5.80. The molecular formula is C19H19ClN2O3. The normalized spacial score (nSPS) is 10.5.